The number of benzene rings is 1. The van der Waals surface area contributed by atoms with Crippen LogP contribution >= 0.6 is 23.2 Å². The molecule has 0 saturated heterocycles. The first-order valence-electron chi connectivity index (χ1n) is 4.62. The van der Waals surface area contributed by atoms with E-state index >= 15 is 0 Å². The maximum atomic E-state index is 11.4. The number of hydrogen-bond acceptors (Lipinski definition) is 2. The summed E-state index contributed by atoms with van der Waals surface area (Å²) < 4.78 is 4.80. The van der Waals surface area contributed by atoms with Gasteiger partial charge in [0.1, 0.15) is 0 Å². The summed E-state index contributed by atoms with van der Waals surface area (Å²) in [4.78, 5) is 11.4. The summed E-state index contributed by atoms with van der Waals surface area (Å²) in [5, 5.41) is 6.13. The summed E-state index contributed by atoms with van der Waals surface area (Å²) >= 11 is 11.6. The predicted molar refractivity (Wildman–Crippen MR) is 65.4 cm³/mol. The molecule has 0 unspecified atom stereocenters. The Morgan fingerprint density at radius 1 is 1.44 bits per heavy atom. The van der Waals surface area contributed by atoms with Gasteiger partial charge in [0.05, 0.1) is 17.3 Å². The Bertz CT molecular complexity index is 372. The molecule has 0 aliphatic heterocycles. The third kappa shape index (κ3) is 4.26. The number of urea groups is 1. The first-order chi connectivity index (χ1) is 7.63. The number of carbonyl (C=O) groups excluding carboxylic acids is 1. The van der Waals surface area contributed by atoms with Crippen LogP contribution < -0.4 is 10.6 Å². The number of rotatable bonds is 4. The van der Waals surface area contributed by atoms with Gasteiger partial charge in [0.2, 0.25) is 0 Å². The number of halogens is 2. The summed E-state index contributed by atoms with van der Waals surface area (Å²) in [5.41, 5.74) is 0.515. The largest absolute Gasteiger partial charge is 0.383 e. The fourth-order valence-corrected chi connectivity index (χ4v) is 1.48. The van der Waals surface area contributed by atoms with E-state index in [1.165, 1.54) is 0 Å². The van der Waals surface area contributed by atoms with E-state index in [0.717, 1.165) is 0 Å². The van der Waals surface area contributed by atoms with Gasteiger partial charge in [-0.15, -0.1) is 0 Å². The van der Waals surface area contributed by atoms with E-state index < -0.39 is 0 Å². The van der Waals surface area contributed by atoms with Crippen LogP contribution in [0.15, 0.2) is 18.2 Å². The highest BCUT2D eigenvalue weighted by molar-refractivity contribution is 6.36. The van der Waals surface area contributed by atoms with Crippen LogP contribution in [0.5, 0.6) is 0 Å². The Hall–Kier alpha value is -0.970. The van der Waals surface area contributed by atoms with E-state index in [1.54, 1.807) is 25.3 Å². The van der Waals surface area contributed by atoms with Crippen LogP contribution in [0.1, 0.15) is 0 Å². The Morgan fingerprint density at radius 2 is 2.19 bits per heavy atom. The second-order valence-corrected chi connectivity index (χ2v) is 3.84. The highest BCUT2D eigenvalue weighted by Crippen LogP contribution is 2.25. The molecular formula is C10H12Cl2N2O2. The molecule has 0 atom stereocenters. The Balaban J connectivity index is 2.49. The summed E-state index contributed by atoms with van der Waals surface area (Å²) in [6.07, 6.45) is 0. The minimum absolute atomic E-state index is 0.332. The van der Waals surface area contributed by atoms with Crippen molar-refractivity contribution >= 4 is 34.9 Å². The number of methoxy groups -OCH3 is 1. The van der Waals surface area contributed by atoms with Gasteiger partial charge in [-0.2, -0.15) is 0 Å². The van der Waals surface area contributed by atoms with Gasteiger partial charge in [-0.25, -0.2) is 4.79 Å². The lowest BCUT2D eigenvalue weighted by molar-refractivity contribution is 0.198. The van der Waals surface area contributed by atoms with Gasteiger partial charge in [0.15, 0.2) is 0 Å². The van der Waals surface area contributed by atoms with E-state index in [9.17, 15) is 4.79 Å². The van der Waals surface area contributed by atoms with E-state index in [2.05, 4.69) is 10.6 Å². The zero-order chi connectivity index (χ0) is 12.0. The van der Waals surface area contributed by atoms with E-state index in [1.807, 2.05) is 0 Å². The van der Waals surface area contributed by atoms with Crippen molar-refractivity contribution in [1.82, 2.24) is 5.32 Å². The third-order valence-corrected chi connectivity index (χ3v) is 2.32. The second kappa shape index (κ2) is 6.58. The topological polar surface area (TPSA) is 50.4 Å². The van der Waals surface area contributed by atoms with E-state index in [-0.39, 0.29) is 6.03 Å². The maximum Gasteiger partial charge on any atom is 0.319 e. The van der Waals surface area contributed by atoms with Gasteiger partial charge in [-0.1, -0.05) is 23.2 Å². The molecule has 0 bridgehead atoms. The minimum Gasteiger partial charge on any atom is -0.383 e. The number of ether oxygens (including phenoxy) is 1. The lowest BCUT2D eigenvalue weighted by atomic mass is 10.3. The molecule has 0 radical (unpaired) electrons. The normalized spacial score (nSPS) is 9.94. The smallest absolute Gasteiger partial charge is 0.319 e. The SMILES string of the molecule is COCCNC(=O)Nc1ccc(Cl)cc1Cl. The lowest BCUT2D eigenvalue weighted by Gasteiger charge is -2.08. The molecule has 2 N–H and O–H groups in total. The lowest BCUT2D eigenvalue weighted by Crippen LogP contribution is -2.31. The fourth-order valence-electron chi connectivity index (χ4n) is 1.02. The van der Waals surface area contributed by atoms with Crippen molar-refractivity contribution in [2.24, 2.45) is 0 Å². The average Bonchev–Trinajstić information content (AvgIpc) is 2.23. The predicted octanol–water partition coefficient (Wildman–Crippen LogP) is 2.76. The summed E-state index contributed by atoms with van der Waals surface area (Å²) in [6.45, 7) is 0.898. The number of nitrogens with one attached hydrogen (secondary N) is 2. The van der Waals surface area contributed by atoms with Crippen LogP contribution in [-0.2, 0) is 4.74 Å². The van der Waals surface area contributed by atoms with Crippen molar-refractivity contribution in [1.29, 1.82) is 0 Å². The molecule has 0 aliphatic rings. The molecular weight excluding hydrogens is 251 g/mol. The van der Waals surface area contributed by atoms with Crippen molar-refractivity contribution in [3.05, 3.63) is 28.2 Å². The van der Waals surface area contributed by atoms with Gasteiger partial charge < -0.3 is 15.4 Å². The molecule has 0 saturated carbocycles. The zero-order valence-electron chi connectivity index (χ0n) is 8.72. The summed E-state index contributed by atoms with van der Waals surface area (Å²) in [6, 6.07) is 4.52. The highest BCUT2D eigenvalue weighted by atomic mass is 35.5. The van der Waals surface area contributed by atoms with Crippen molar-refractivity contribution in [3.63, 3.8) is 0 Å². The van der Waals surface area contributed by atoms with Gasteiger partial charge in [-0.05, 0) is 18.2 Å². The molecule has 2 amide bonds. The van der Waals surface area contributed by atoms with Crippen molar-refractivity contribution < 1.29 is 9.53 Å². The first kappa shape index (κ1) is 13.1. The highest BCUT2D eigenvalue weighted by Gasteiger charge is 2.05. The van der Waals surface area contributed by atoms with Crippen LogP contribution in [0.2, 0.25) is 10.0 Å². The van der Waals surface area contributed by atoms with Crippen LogP contribution in [0.3, 0.4) is 0 Å². The molecule has 0 aromatic heterocycles. The Morgan fingerprint density at radius 3 is 2.81 bits per heavy atom. The monoisotopic (exact) mass is 262 g/mol. The maximum absolute atomic E-state index is 11.4. The van der Waals surface area contributed by atoms with Gasteiger partial charge in [0, 0.05) is 18.7 Å². The minimum atomic E-state index is -0.332. The van der Waals surface area contributed by atoms with Gasteiger partial charge in [-0.3, -0.25) is 0 Å². The molecule has 16 heavy (non-hydrogen) atoms. The van der Waals surface area contributed by atoms with Gasteiger partial charge >= 0.3 is 6.03 Å². The number of hydrogen-bond donors (Lipinski definition) is 2. The fraction of sp³-hybridized carbons (Fsp3) is 0.300. The molecule has 0 aliphatic carbocycles. The first-order valence-corrected chi connectivity index (χ1v) is 5.38. The molecule has 0 spiro atoms. The van der Waals surface area contributed by atoms with Crippen LogP contribution in [0.4, 0.5) is 10.5 Å². The Kier molecular flexibility index (Phi) is 5.38. The van der Waals surface area contributed by atoms with Crippen molar-refractivity contribution in [2.75, 3.05) is 25.6 Å². The molecule has 1 aromatic carbocycles. The van der Waals surface area contributed by atoms with Crippen molar-refractivity contribution in [2.45, 2.75) is 0 Å². The number of anilines is 1. The number of amides is 2. The quantitative estimate of drug-likeness (QED) is 0.820. The Labute approximate surface area is 104 Å². The van der Waals surface area contributed by atoms with Gasteiger partial charge in [0.25, 0.3) is 0 Å². The zero-order valence-corrected chi connectivity index (χ0v) is 10.2. The molecule has 1 rings (SSSR count). The van der Waals surface area contributed by atoms with Crippen molar-refractivity contribution in [3.8, 4) is 0 Å². The molecule has 88 valence electrons. The summed E-state index contributed by atoms with van der Waals surface area (Å²) in [7, 11) is 1.57. The van der Waals surface area contributed by atoms with E-state index in [4.69, 9.17) is 27.9 Å². The second-order valence-electron chi connectivity index (χ2n) is 3.00. The number of carbonyl (C=O) groups is 1. The molecule has 4 nitrogen and oxygen atoms in total. The van der Waals surface area contributed by atoms with Crippen LogP contribution in [0, 0.1) is 0 Å². The van der Waals surface area contributed by atoms with Crippen LogP contribution in [0.25, 0.3) is 0 Å². The van der Waals surface area contributed by atoms with Crippen LogP contribution in [-0.4, -0.2) is 26.3 Å². The standard InChI is InChI=1S/C10H12Cl2N2O2/c1-16-5-4-13-10(15)14-9-3-2-7(11)6-8(9)12/h2-3,6H,4-5H2,1H3,(H2,13,14,15). The molecule has 0 heterocycles. The third-order valence-electron chi connectivity index (χ3n) is 1.77. The molecule has 1 aromatic rings. The average molecular weight is 263 g/mol. The summed E-state index contributed by atoms with van der Waals surface area (Å²) in [5.74, 6) is 0. The molecule has 0 fully saturated rings. The van der Waals surface area contributed by atoms with E-state index in [0.29, 0.717) is 28.9 Å². The molecule has 6 heteroatoms.